The monoisotopic (exact) mass is 596 g/mol. The summed E-state index contributed by atoms with van der Waals surface area (Å²) in [6.07, 6.45) is 7.05. The third kappa shape index (κ3) is 5.02. The second-order valence-corrected chi connectivity index (χ2v) is 16.7. The topological polar surface area (TPSA) is 127 Å². The number of hydrogen-bond acceptors (Lipinski definition) is 7. The molecule has 1 N–H and O–H groups in total. The van der Waals surface area contributed by atoms with Gasteiger partial charge in [-0.2, -0.15) is 0 Å². The summed E-state index contributed by atoms with van der Waals surface area (Å²) < 4.78 is 39.6. The Morgan fingerprint density at radius 2 is 1.55 bits per heavy atom. The maximum Gasteiger partial charge on any atom is 1.00 e. The minimum Gasteiger partial charge on any atom is -0.726 e. The average Bonchev–Trinajstić information content (AvgIpc) is 2.75. The van der Waals surface area contributed by atoms with Crippen LogP contribution in [0.5, 0.6) is 0 Å². The fraction of sp³-hybridized carbons (Fsp3) is 0.900. The summed E-state index contributed by atoms with van der Waals surface area (Å²) in [5, 5.41) is 23.9. The van der Waals surface area contributed by atoms with Crippen molar-refractivity contribution < 1.29 is 91.3 Å². The molecule has 9 atom stereocenters. The number of hydrogen-bond donors (Lipinski definition) is 1. The molecule has 0 spiro atoms. The van der Waals surface area contributed by atoms with Crippen LogP contribution >= 0.6 is 0 Å². The summed E-state index contributed by atoms with van der Waals surface area (Å²) in [5.41, 5.74) is -0.655. The maximum atomic E-state index is 12.7. The van der Waals surface area contributed by atoms with Crippen LogP contribution in [-0.2, 0) is 19.4 Å². The van der Waals surface area contributed by atoms with Crippen LogP contribution in [0.25, 0.3) is 0 Å². The van der Waals surface area contributed by atoms with E-state index in [1.54, 1.807) is 0 Å². The van der Waals surface area contributed by atoms with E-state index in [9.17, 15) is 28.0 Å². The standard InChI is InChI=1S/C30H48O7S.2Na/c1-25(2)12-14-30(24(32)33)15-13-28(6)18(19(30)16-25)8-9-22-27(5)17-20(31)23(37-38(34,35)36)26(3,4)21(27)10-11-29(22,28)7;;/h8,19-23,31H,9-17H2,1-7H3,(H,32,33)(H,34,35,36);;/q;2*+1/p-2/t19-,20+,21-,22+,23-,27-,28+,29+,30-;;/m0../s1. The van der Waals surface area contributed by atoms with Crippen LogP contribution in [0.4, 0.5) is 0 Å². The van der Waals surface area contributed by atoms with Crippen molar-refractivity contribution in [2.24, 2.45) is 50.2 Å². The van der Waals surface area contributed by atoms with E-state index in [1.165, 1.54) is 5.57 Å². The minimum atomic E-state index is -4.95. The van der Waals surface area contributed by atoms with Crippen LogP contribution < -0.4 is 64.2 Å². The molecule has 40 heavy (non-hydrogen) atoms. The van der Waals surface area contributed by atoms with Crippen molar-refractivity contribution in [2.45, 2.75) is 118 Å². The van der Waals surface area contributed by atoms with Gasteiger partial charge in [-0.3, -0.25) is 4.18 Å². The molecule has 4 saturated carbocycles. The van der Waals surface area contributed by atoms with Crippen molar-refractivity contribution in [2.75, 3.05) is 0 Å². The van der Waals surface area contributed by atoms with Crippen LogP contribution in [0.15, 0.2) is 11.6 Å². The summed E-state index contributed by atoms with van der Waals surface area (Å²) in [6.45, 7) is 15.4. The number of carbonyl (C=O) groups excluding carboxylic acids is 1. The minimum absolute atomic E-state index is 0. The molecule has 4 fully saturated rings. The number of carboxylic acids is 1. The molecule has 0 aromatic heterocycles. The molecule has 5 rings (SSSR count). The molecule has 0 aliphatic heterocycles. The molecule has 0 unspecified atom stereocenters. The molecule has 216 valence electrons. The third-order valence-corrected chi connectivity index (χ3v) is 13.6. The van der Waals surface area contributed by atoms with E-state index < -0.39 is 39.4 Å². The zero-order valence-corrected chi connectivity index (χ0v) is 30.9. The predicted molar refractivity (Wildman–Crippen MR) is 140 cm³/mol. The van der Waals surface area contributed by atoms with Crippen LogP contribution in [0.2, 0.25) is 0 Å². The van der Waals surface area contributed by atoms with E-state index >= 15 is 0 Å². The third-order valence-electron chi connectivity index (χ3n) is 13.2. The summed E-state index contributed by atoms with van der Waals surface area (Å²) in [6, 6.07) is 0. The molecular formula is C30H46Na2O7S. The SMILES string of the molecule is CC1(C)CC[C@]2(C(=O)[O-])CC[C@]3(C)C(=CC[C@@H]4[C@@]5(C)C[C@@H](O)[C@H](OS(=O)(=O)[O-])C(C)(C)[C@@H]5CC[C@]43C)[C@@H]2C1.[Na+].[Na+]. The van der Waals surface area contributed by atoms with Gasteiger partial charge in [-0.1, -0.05) is 60.1 Å². The second-order valence-electron chi connectivity index (χ2n) is 15.7. The molecule has 10 heteroatoms. The van der Waals surface area contributed by atoms with Gasteiger partial charge in [0, 0.05) is 11.4 Å². The van der Waals surface area contributed by atoms with E-state index in [0.29, 0.717) is 19.3 Å². The second kappa shape index (κ2) is 10.8. The van der Waals surface area contributed by atoms with Crippen LogP contribution in [0.3, 0.4) is 0 Å². The maximum absolute atomic E-state index is 12.7. The predicted octanol–water partition coefficient (Wildman–Crippen LogP) is -1.64. The number of rotatable bonds is 3. The molecule has 0 bridgehead atoms. The van der Waals surface area contributed by atoms with E-state index in [4.69, 9.17) is 4.18 Å². The Kier molecular flexibility index (Phi) is 9.62. The van der Waals surface area contributed by atoms with Gasteiger partial charge < -0.3 is 19.6 Å². The number of aliphatic carboxylic acids is 1. The van der Waals surface area contributed by atoms with Gasteiger partial charge in [-0.15, -0.1) is 0 Å². The van der Waals surface area contributed by atoms with E-state index in [-0.39, 0.29) is 98.5 Å². The summed E-state index contributed by atoms with van der Waals surface area (Å²) in [5.74, 6) is -0.610. The average molecular weight is 597 g/mol. The van der Waals surface area contributed by atoms with Crippen molar-refractivity contribution in [1.82, 2.24) is 0 Å². The fourth-order valence-corrected chi connectivity index (χ4v) is 11.7. The smallest absolute Gasteiger partial charge is 0.726 e. The van der Waals surface area contributed by atoms with Crippen molar-refractivity contribution >= 4 is 16.4 Å². The van der Waals surface area contributed by atoms with Gasteiger partial charge in [-0.25, -0.2) is 8.42 Å². The first kappa shape index (κ1) is 35.5. The number of allylic oxidation sites excluding steroid dienone is 2. The zero-order chi connectivity index (χ0) is 28.3. The van der Waals surface area contributed by atoms with Crippen molar-refractivity contribution in [3.05, 3.63) is 11.6 Å². The summed E-state index contributed by atoms with van der Waals surface area (Å²) in [4.78, 5) is 12.7. The largest absolute Gasteiger partial charge is 1.00 e. The Bertz CT molecular complexity index is 1170. The number of aliphatic hydroxyl groups is 1. The molecule has 0 amide bonds. The van der Waals surface area contributed by atoms with Gasteiger partial charge in [0.2, 0.25) is 10.4 Å². The van der Waals surface area contributed by atoms with Gasteiger partial charge in [0.25, 0.3) is 0 Å². The van der Waals surface area contributed by atoms with Crippen LogP contribution in [0, 0.1) is 50.2 Å². The molecule has 0 radical (unpaired) electrons. The van der Waals surface area contributed by atoms with Gasteiger partial charge in [0.15, 0.2) is 0 Å². The normalized spacial score (nSPS) is 47.0. The molecule has 0 aromatic carbocycles. The number of carbonyl (C=O) groups is 1. The Labute approximate surface area is 285 Å². The first-order valence-corrected chi connectivity index (χ1v) is 15.8. The van der Waals surface area contributed by atoms with Crippen molar-refractivity contribution in [3.8, 4) is 0 Å². The number of aliphatic hydroxyl groups excluding tert-OH is 1. The molecular weight excluding hydrogens is 550 g/mol. The summed E-state index contributed by atoms with van der Waals surface area (Å²) >= 11 is 0. The number of carboxylic acid groups (broad SMARTS) is 1. The Morgan fingerprint density at radius 1 is 0.950 bits per heavy atom. The van der Waals surface area contributed by atoms with Gasteiger partial charge >= 0.3 is 59.1 Å². The molecule has 5 aliphatic rings. The molecule has 5 aliphatic carbocycles. The molecule has 0 aromatic rings. The molecule has 7 nitrogen and oxygen atoms in total. The van der Waals surface area contributed by atoms with Crippen molar-refractivity contribution in [1.29, 1.82) is 0 Å². The van der Waals surface area contributed by atoms with E-state index in [1.807, 2.05) is 13.8 Å². The number of fused-ring (bicyclic) bond motifs is 7. The fourth-order valence-electron chi connectivity index (χ4n) is 11.1. The first-order valence-electron chi connectivity index (χ1n) is 14.5. The van der Waals surface area contributed by atoms with Crippen molar-refractivity contribution in [3.63, 3.8) is 0 Å². The van der Waals surface area contributed by atoms with Gasteiger partial charge in [0.1, 0.15) is 6.10 Å². The Hall–Kier alpha value is 1.04. The molecule has 0 saturated heterocycles. The zero-order valence-electron chi connectivity index (χ0n) is 26.1. The van der Waals surface area contributed by atoms with Crippen LogP contribution in [0.1, 0.15) is 106 Å². The van der Waals surface area contributed by atoms with Gasteiger partial charge in [-0.05, 0) is 103 Å². The summed E-state index contributed by atoms with van der Waals surface area (Å²) in [7, 11) is -4.95. The molecule has 0 heterocycles. The quantitative estimate of drug-likeness (QED) is 0.179. The van der Waals surface area contributed by atoms with E-state index in [2.05, 4.69) is 40.7 Å². The van der Waals surface area contributed by atoms with Crippen LogP contribution in [-0.4, -0.2) is 36.3 Å². The Balaban J connectivity index is 0.00000220. The first-order chi connectivity index (χ1) is 17.2. The van der Waals surface area contributed by atoms with E-state index in [0.717, 1.165) is 38.5 Å². The van der Waals surface area contributed by atoms with Gasteiger partial charge in [0.05, 0.1) is 6.10 Å². The Morgan fingerprint density at radius 3 is 2.12 bits per heavy atom.